The number of hydrogen-bond acceptors (Lipinski definition) is 6. The Morgan fingerprint density at radius 2 is 1.79 bits per heavy atom. The topological polar surface area (TPSA) is 98.6 Å². The molecule has 1 aromatic heterocycles. The molecule has 10 heteroatoms. The van der Waals surface area contributed by atoms with E-state index in [1.165, 1.54) is 7.11 Å². The van der Waals surface area contributed by atoms with E-state index in [1.807, 2.05) is 43.3 Å². The number of nitrogens with zero attached hydrogens (tertiary/aromatic N) is 4. The number of anilines is 1. The Labute approximate surface area is 226 Å². The van der Waals surface area contributed by atoms with Gasteiger partial charge in [-0.05, 0) is 55.3 Å². The lowest BCUT2D eigenvalue weighted by Crippen LogP contribution is -2.57. The smallest absolute Gasteiger partial charge is 0.250 e. The van der Waals surface area contributed by atoms with Crippen LogP contribution in [0.15, 0.2) is 66.7 Å². The lowest BCUT2D eigenvalue weighted by Gasteiger charge is -2.40. The SMILES string of the molecule is CCC(C)(C(=O)Nc1ccc(OC)cc1OC)N(Cc1ccc(Cl)cc1)C(=O)Cn1nnc2ccccc21. The van der Waals surface area contributed by atoms with Crippen molar-refractivity contribution >= 4 is 40.1 Å². The third kappa shape index (κ3) is 5.57. The molecule has 3 aromatic carbocycles. The fourth-order valence-corrected chi connectivity index (χ4v) is 4.32. The highest BCUT2D eigenvalue weighted by Gasteiger charge is 2.41. The van der Waals surface area contributed by atoms with E-state index in [9.17, 15) is 9.59 Å². The number of carbonyl (C=O) groups is 2. The minimum atomic E-state index is -1.21. The molecule has 0 aliphatic carbocycles. The van der Waals surface area contributed by atoms with Crippen LogP contribution in [0.5, 0.6) is 11.5 Å². The number of amides is 2. The van der Waals surface area contributed by atoms with Crippen LogP contribution in [0.3, 0.4) is 0 Å². The van der Waals surface area contributed by atoms with Gasteiger partial charge in [-0.15, -0.1) is 5.10 Å². The molecular formula is C28H30ClN5O4. The van der Waals surface area contributed by atoms with Crippen LogP contribution in [-0.4, -0.2) is 51.5 Å². The van der Waals surface area contributed by atoms with Gasteiger partial charge in [-0.3, -0.25) is 9.59 Å². The van der Waals surface area contributed by atoms with Crippen molar-refractivity contribution in [1.82, 2.24) is 19.9 Å². The maximum atomic E-state index is 13.9. The Bertz CT molecular complexity index is 1440. The lowest BCUT2D eigenvalue weighted by atomic mass is 9.93. The molecule has 1 atom stereocenters. The van der Waals surface area contributed by atoms with Crippen LogP contribution in [0.25, 0.3) is 11.0 Å². The Kier molecular flexibility index (Phi) is 8.16. The molecule has 1 heterocycles. The summed E-state index contributed by atoms with van der Waals surface area (Å²) < 4.78 is 12.3. The second-order valence-electron chi connectivity index (χ2n) is 8.99. The zero-order chi connectivity index (χ0) is 27.3. The minimum absolute atomic E-state index is 0.0805. The zero-order valence-corrected chi connectivity index (χ0v) is 22.5. The Hall–Kier alpha value is -4.11. The third-order valence-corrected chi connectivity index (χ3v) is 6.94. The largest absolute Gasteiger partial charge is 0.497 e. The highest BCUT2D eigenvalue weighted by molar-refractivity contribution is 6.30. The average Bonchev–Trinajstić information content (AvgIpc) is 3.34. The number of carbonyl (C=O) groups excluding carboxylic acids is 2. The van der Waals surface area contributed by atoms with E-state index in [-0.39, 0.29) is 24.9 Å². The predicted octanol–water partition coefficient (Wildman–Crippen LogP) is 4.94. The summed E-state index contributed by atoms with van der Waals surface area (Å²) in [6.07, 6.45) is 0.356. The van der Waals surface area contributed by atoms with E-state index in [2.05, 4.69) is 15.6 Å². The fraction of sp³-hybridized carbons (Fsp3) is 0.286. The quantitative estimate of drug-likeness (QED) is 0.309. The summed E-state index contributed by atoms with van der Waals surface area (Å²) in [6.45, 7) is 3.74. The van der Waals surface area contributed by atoms with Gasteiger partial charge in [-0.1, -0.05) is 48.0 Å². The molecule has 2 amide bonds. The summed E-state index contributed by atoms with van der Waals surface area (Å²) in [5.41, 5.74) is 1.52. The van der Waals surface area contributed by atoms with E-state index < -0.39 is 5.54 Å². The highest BCUT2D eigenvalue weighted by atomic mass is 35.5. The molecule has 4 aromatic rings. The highest BCUT2D eigenvalue weighted by Crippen LogP contribution is 2.32. The van der Waals surface area contributed by atoms with Gasteiger partial charge >= 0.3 is 0 Å². The summed E-state index contributed by atoms with van der Waals surface area (Å²) in [4.78, 5) is 29.3. The van der Waals surface area contributed by atoms with E-state index in [4.69, 9.17) is 21.1 Å². The van der Waals surface area contributed by atoms with Gasteiger partial charge in [-0.2, -0.15) is 0 Å². The molecule has 38 heavy (non-hydrogen) atoms. The number of hydrogen-bond donors (Lipinski definition) is 1. The molecule has 0 radical (unpaired) electrons. The number of ether oxygens (including phenoxy) is 2. The van der Waals surface area contributed by atoms with Crippen LogP contribution >= 0.6 is 11.6 Å². The number of fused-ring (bicyclic) bond motifs is 1. The molecule has 198 valence electrons. The van der Waals surface area contributed by atoms with Crippen molar-refractivity contribution in [3.63, 3.8) is 0 Å². The van der Waals surface area contributed by atoms with Gasteiger partial charge in [0.25, 0.3) is 0 Å². The minimum Gasteiger partial charge on any atom is -0.497 e. The van der Waals surface area contributed by atoms with E-state index in [0.29, 0.717) is 34.1 Å². The van der Waals surface area contributed by atoms with Gasteiger partial charge in [0.2, 0.25) is 11.8 Å². The van der Waals surface area contributed by atoms with Crippen LogP contribution in [0.2, 0.25) is 5.02 Å². The van der Waals surface area contributed by atoms with E-state index in [1.54, 1.807) is 53.9 Å². The number of rotatable bonds is 10. The normalized spacial score (nSPS) is 12.6. The first-order valence-corrected chi connectivity index (χ1v) is 12.5. The van der Waals surface area contributed by atoms with E-state index >= 15 is 0 Å². The van der Waals surface area contributed by atoms with Gasteiger partial charge in [0.15, 0.2) is 0 Å². The summed E-state index contributed by atoms with van der Waals surface area (Å²) >= 11 is 6.09. The Balaban J connectivity index is 1.68. The molecule has 0 bridgehead atoms. The molecule has 9 nitrogen and oxygen atoms in total. The third-order valence-electron chi connectivity index (χ3n) is 6.69. The van der Waals surface area contributed by atoms with Gasteiger partial charge < -0.3 is 19.7 Å². The number of methoxy groups -OCH3 is 2. The maximum Gasteiger partial charge on any atom is 0.250 e. The van der Waals surface area contributed by atoms with Crippen molar-refractivity contribution in [1.29, 1.82) is 0 Å². The van der Waals surface area contributed by atoms with Crippen LogP contribution < -0.4 is 14.8 Å². The van der Waals surface area contributed by atoms with Gasteiger partial charge in [0.1, 0.15) is 29.1 Å². The maximum absolute atomic E-state index is 13.9. The monoisotopic (exact) mass is 535 g/mol. The number of aromatic nitrogens is 3. The second kappa shape index (κ2) is 11.5. The molecule has 0 spiro atoms. The van der Waals surface area contributed by atoms with Gasteiger partial charge in [0.05, 0.1) is 25.4 Å². The molecule has 0 aliphatic heterocycles. The zero-order valence-electron chi connectivity index (χ0n) is 21.8. The average molecular weight is 536 g/mol. The molecule has 4 rings (SSSR count). The first kappa shape index (κ1) is 26.9. The number of benzene rings is 3. The molecule has 0 saturated carbocycles. The van der Waals surface area contributed by atoms with Crippen LogP contribution in [0.4, 0.5) is 5.69 Å². The van der Waals surface area contributed by atoms with Crippen molar-refractivity contribution in [2.24, 2.45) is 0 Å². The molecule has 0 fully saturated rings. The van der Waals surface area contributed by atoms with Crippen molar-refractivity contribution < 1.29 is 19.1 Å². The summed E-state index contributed by atoms with van der Waals surface area (Å²) in [5.74, 6) is 0.407. The van der Waals surface area contributed by atoms with Gasteiger partial charge in [-0.25, -0.2) is 4.68 Å². The summed E-state index contributed by atoms with van der Waals surface area (Å²) in [6, 6.07) is 19.7. The Morgan fingerprint density at radius 1 is 1.05 bits per heavy atom. The number of para-hydroxylation sites is 1. The van der Waals surface area contributed by atoms with Crippen molar-refractivity contribution in [2.45, 2.75) is 38.9 Å². The fourth-order valence-electron chi connectivity index (χ4n) is 4.19. The molecular weight excluding hydrogens is 506 g/mol. The first-order valence-electron chi connectivity index (χ1n) is 12.2. The second-order valence-corrected chi connectivity index (χ2v) is 9.43. The molecule has 0 aliphatic rings. The number of halogens is 1. The van der Waals surface area contributed by atoms with Crippen molar-refractivity contribution in [2.75, 3.05) is 19.5 Å². The van der Waals surface area contributed by atoms with Crippen molar-refractivity contribution in [3.8, 4) is 11.5 Å². The summed E-state index contributed by atoms with van der Waals surface area (Å²) in [7, 11) is 3.07. The molecule has 1 N–H and O–H groups in total. The Morgan fingerprint density at radius 3 is 2.47 bits per heavy atom. The standard InChI is InChI=1S/C28H30ClN5O4/c1-5-28(2,27(36)30-23-15-14-21(37-3)16-25(23)38-4)33(17-19-10-12-20(29)13-11-19)26(35)18-34-24-9-7-6-8-22(24)31-32-34/h6-16H,5,17-18H2,1-4H3,(H,30,36). The van der Waals surface area contributed by atoms with Gasteiger partial charge in [0, 0.05) is 17.6 Å². The molecule has 1 unspecified atom stereocenters. The summed E-state index contributed by atoms with van der Waals surface area (Å²) in [5, 5.41) is 11.9. The first-order chi connectivity index (χ1) is 18.3. The number of nitrogens with one attached hydrogen (secondary N) is 1. The predicted molar refractivity (Wildman–Crippen MR) is 146 cm³/mol. The lowest BCUT2D eigenvalue weighted by molar-refractivity contribution is -0.146. The van der Waals surface area contributed by atoms with Crippen LogP contribution in [0, 0.1) is 0 Å². The molecule has 0 saturated heterocycles. The van der Waals surface area contributed by atoms with Crippen LogP contribution in [0.1, 0.15) is 25.8 Å². The van der Waals surface area contributed by atoms with Crippen molar-refractivity contribution in [3.05, 3.63) is 77.3 Å². The van der Waals surface area contributed by atoms with E-state index in [0.717, 1.165) is 11.1 Å². The van der Waals surface area contributed by atoms with Crippen LogP contribution in [-0.2, 0) is 22.7 Å².